The van der Waals surface area contributed by atoms with Crippen LogP contribution in [0.5, 0.6) is 23.0 Å². The molecular weight excluding hydrogens is 636 g/mol. The number of methoxy groups -OCH3 is 2. The van der Waals surface area contributed by atoms with Crippen LogP contribution in [-0.2, 0) is 9.59 Å². The van der Waals surface area contributed by atoms with Crippen LogP contribution in [0.4, 0.5) is 11.4 Å². The fourth-order valence-electron chi connectivity index (χ4n) is 7.48. The summed E-state index contributed by atoms with van der Waals surface area (Å²) in [5.41, 5.74) is 0.430. The first-order chi connectivity index (χ1) is 23.1. The zero-order valence-electron chi connectivity index (χ0n) is 28.6. The number of hydrogen-bond acceptors (Lipinski definition) is 10. The lowest BCUT2D eigenvalue weighted by molar-refractivity contribution is -0.120. The third-order valence-corrected chi connectivity index (χ3v) is 9.46. The average Bonchev–Trinajstić information content (AvgIpc) is 3.59. The summed E-state index contributed by atoms with van der Waals surface area (Å²) in [6.45, 7) is 8.96. The molecule has 264 valence electrons. The van der Waals surface area contributed by atoms with E-state index >= 15 is 0 Å². The number of nitrogens with one attached hydrogen (secondary N) is 2. The van der Waals surface area contributed by atoms with Crippen LogP contribution in [0, 0.1) is 10.8 Å². The summed E-state index contributed by atoms with van der Waals surface area (Å²) in [6, 6.07) is 4.84. The lowest BCUT2D eigenvalue weighted by Crippen LogP contribution is -2.40. The molecule has 14 heteroatoms. The first-order valence-corrected chi connectivity index (χ1v) is 16.4. The molecule has 0 saturated carbocycles. The van der Waals surface area contributed by atoms with E-state index in [0.29, 0.717) is 40.8 Å². The van der Waals surface area contributed by atoms with Crippen molar-refractivity contribution in [2.24, 2.45) is 10.8 Å². The Morgan fingerprint density at radius 1 is 0.673 bits per heavy atom. The number of amides is 4. The number of ether oxygens (including phenoxy) is 4. The van der Waals surface area contributed by atoms with Crippen LogP contribution < -0.4 is 29.6 Å². The van der Waals surface area contributed by atoms with E-state index in [-0.39, 0.29) is 84.7 Å². The van der Waals surface area contributed by atoms with Crippen molar-refractivity contribution in [1.82, 2.24) is 9.80 Å². The van der Waals surface area contributed by atoms with Gasteiger partial charge in [-0.25, -0.2) is 0 Å². The monoisotopic (exact) mass is 680 g/mol. The SMILES string of the molecule is COc1cc2c(cc1OCC(C)(C)CC(C)(C)COc1cc3c(cc1OC)C(=O)N1CC(O)CC1C(=O)N3)NC(=O)C1CC(O)CN1C2=O. The molecule has 4 heterocycles. The molecule has 49 heavy (non-hydrogen) atoms. The van der Waals surface area contributed by atoms with Gasteiger partial charge in [-0.2, -0.15) is 0 Å². The first kappa shape index (κ1) is 34.3. The molecule has 6 rings (SSSR count). The van der Waals surface area contributed by atoms with Crippen molar-refractivity contribution in [2.45, 2.75) is 71.2 Å². The summed E-state index contributed by atoms with van der Waals surface area (Å²) in [5, 5.41) is 25.8. The van der Waals surface area contributed by atoms with Crippen molar-refractivity contribution in [3.05, 3.63) is 35.4 Å². The third kappa shape index (κ3) is 6.71. The Morgan fingerprint density at radius 3 is 1.43 bits per heavy atom. The van der Waals surface area contributed by atoms with Crippen LogP contribution >= 0.6 is 0 Å². The summed E-state index contributed by atoms with van der Waals surface area (Å²) >= 11 is 0. The van der Waals surface area contributed by atoms with Crippen molar-refractivity contribution in [2.75, 3.05) is 51.2 Å². The Morgan fingerprint density at radius 2 is 1.06 bits per heavy atom. The second kappa shape index (κ2) is 12.7. The zero-order chi connectivity index (χ0) is 35.4. The molecule has 4 atom stereocenters. The molecule has 14 nitrogen and oxygen atoms in total. The molecule has 2 aromatic carbocycles. The van der Waals surface area contributed by atoms with Gasteiger partial charge in [-0.05, 0) is 29.4 Å². The number of carbonyl (C=O) groups excluding carboxylic acids is 4. The maximum absolute atomic E-state index is 13.3. The van der Waals surface area contributed by atoms with Gasteiger partial charge >= 0.3 is 0 Å². The average molecular weight is 681 g/mol. The van der Waals surface area contributed by atoms with Crippen molar-refractivity contribution in [1.29, 1.82) is 0 Å². The molecule has 4 aliphatic rings. The van der Waals surface area contributed by atoms with E-state index in [1.54, 1.807) is 24.3 Å². The maximum Gasteiger partial charge on any atom is 0.256 e. The highest BCUT2D eigenvalue weighted by molar-refractivity contribution is 6.11. The molecule has 0 aliphatic carbocycles. The van der Waals surface area contributed by atoms with Gasteiger partial charge in [-0.1, -0.05) is 27.7 Å². The highest BCUT2D eigenvalue weighted by Crippen LogP contribution is 2.42. The fraction of sp³-hybridized carbons (Fsp3) is 0.543. The zero-order valence-corrected chi connectivity index (χ0v) is 28.6. The smallest absolute Gasteiger partial charge is 0.256 e. The number of carbonyl (C=O) groups is 4. The van der Waals surface area contributed by atoms with Gasteiger partial charge in [0.15, 0.2) is 23.0 Å². The quantitative estimate of drug-likeness (QED) is 0.292. The summed E-state index contributed by atoms with van der Waals surface area (Å²) < 4.78 is 23.7. The number of rotatable bonds is 10. The van der Waals surface area contributed by atoms with E-state index in [9.17, 15) is 29.4 Å². The van der Waals surface area contributed by atoms with Crippen LogP contribution in [0.15, 0.2) is 24.3 Å². The second-order valence-corrected chi connectivity index (χ2v) is 14.9. The van der Waals surface area contributed by atoms with E-state index in [0.717, 1.165) is 0 Å². The molecule has 0 aromatic heterocycles. The molecule has 4 unspecified atom stereocenters. The van der Waals surface area contributed by atoms with Gasteiger partial charge in [0.2, 0.25) is 11.8 Å². The Labute approximate surface area is 284 Å². The number of fused-ring (bicyclic) bond motifs is 4. The molecule has 2 aromatic rings. The minimum Gasteiger partial charge on any atom is -0.493 e. The Bertz CT molecular complexity index is 1570. The number of aliphatic hydroxyl groups excluding tert-OH is 2. The number of anilines is 2. The lowest BCUT2D eigenvalue weighted by Gasteiger charge is -2.35. The highest BCUT2D eigenvalue weighted by Gasteiger charge is 2.44. The lowest BCUT2D eigenvalue weighted by atomic mass is 9.76. The fourth-order valence-corrected chi connectivity index (χ4v) is 7.48. The van der Waals surface area contributed by atoms with Crippen molar-refractivity contribution < 1.29 is 48.3 Å². The third-order valence-electron chi connectivity index (χ3n) is 9.46. The topological polar surface area (TPSA) is 176 Å². The van der Waals surface area contributed by atoms with Gasteiger partial charge < -0.3 is 49.6 Å². The van der Waals surface area contributed by atoms with E-state index in [1.165, 1.54) is 24.0 Å². The Balaban J connectivity index is 1.13. The molecule has 4 N–H and O–H groups in total. The predicted octanol–water partition coefficient (Wildman–Crippen LogP) is 2.66. The second-order valence-electron chi connectivity index (χ2n) is 14.9. The minimum absolute atomic E-state index is 0.0883. The highest BCUT2D eigenvalue weighted by atomic mass is 16.5. The largest absolute Gasteiger partial charge is 0.493 e. The standard InChI is InChI=1S/C35H44N4O10/c1-34(2,16-48-28-11-22-20(9-26(28)46-5)32(44)38-13-18(40)7-24(38)30(42)36-22)15-35(3,4)17-49-29-12-23-21(10-27(29)47-6)33(45)39-14-19(41)8-25(39)31(43)37-23/h9-12,18-19,24-25,40-41H,7-8,13-17H2,1-6H3,(H,36,42)(H,37,43). The van der Waals surface area contributed by atoms with E-state index < -0.39 is 24.3 Å². The van der Waals surface area contributed by atoms with Crippen LogP contribution in [0.2, 0.25) is 0 Å². The first-order valence-electron chi connectivity index (χ1n) is 16.4. The normalized spacial score (nSPS) is 23.4. The molecule has 4 amide bonds. The Hall–Kier alpha value is -4.56. The van der Waals surface area contributed by atoms with Crippen LogP contribution in [0.1, 0.15) is 67.7 Å². The van der Waals surface area contributed by atoms with Gasteiger partial charge in [0.05, 0.1) is 62.1 Å². The maximum atomic E-state index is 13.3. The van der Waals surface area contributed by atoms with E-state index in [2.05, 4.69) is 38.3 Å². The number of nitrogens with zero attached hydrogens (tertiary/aromatic N) is 2. The molecule has 0 spiro atoms. The molecule has 0 radical (unpaired) electrons. The van der Waals surface area contributed by atoms with Crippen LogP contribution in [-0.4, -0.2) is 108 Å². The predicted molar refractivity (Wildman–Crippen MR) is 177 cm³/mol. The van der Waals surface area contributed by atoms with Gasteiger partial charge in [0.1, 0.15) is 12.1 Å². The number of aliphatic hydroxyl groups is 2. The van der Waals surface area contributed by atoms with Gasteiger partial charge in [0, 0.05) is 38.1 Å². The van der Waals surface area contributed by atoms with E-state index in [1.807, 2.05) is 0 Å². The molecule has 4 aliphatic heterocycles. The van der Waals surface area contributed by atoms with Crippen molar-refractivity contribution in [3.8, 4) is 23.0 Å². The van der Waals surface area contributed by atoms with Gasteiger partial charge in [-0.15, -0.1) is 0 Å². The summed E-state index contributed by atoms with van der Waals surface area (Å²) in [6.07, 6.45) is -0.492. The summed E-state index contributed by atoms with van der Waals surface area (Å²) in [7, 11) is 2.96. The van der Waals surface area contributed by atoms with Crippen molar-refractivity contribution >= 4 is 35.0 Å². The number of benzene rings is 2. The van der Waals surface area contributed by atoms with E-state index in [4.69, 9.17) is 18.9 Å². The Kier molecular flexibility index (Phi) is 8.90. The molecule has 2 fully saturated rings. The van der Waals surface area contributed by atoms with Gasteiger partial charge in [0.25, 0.3) is 11.8 Å². The number of hydrogen-bond donors (Lipinski definition) is 4. The molecular formula is C35H44N4O10. The van der Waals surface area contributed by atoms with Crippen LogP contribution in [0.3, 0.4) is 0 Å². The van der Waals surface area contributed by atoms with Crippen LogP contribution in [0.25, 0.3) is 0 Å². The summed E-state index contributed by atoms with van der Waals surface area (Å²) in [4.78, 5) is 55.2. The molecule has 0 bridgehead atoms. The summed E-state index contributed by atoms with van der Waals surface area (Å²) in [5.74, 6) is -0.000942. The van der Waals surface area contributed by atoms with Gasteiger partial charge in [-0.3, -0.25) is 19.2 Å². The minimum atomic E-state index is -0.754. The molecule has 2 saturated heterocycles. The van der Waals surface area contributed by atoms with Crippen molar-refractivity contribution in [3.63, 3.8) is 0 Å².